The molecule has 2 aromatic rings. The van der Waals surface area contributed by atoms with Crippen molar-refractivity contribution in [2.24, 2.45) is 0 Å². The molecule has 0 heterocycles. The third kappa shape index (κ3) is 4.33. The number of anilines is 1. The van der Waals surface area contributed by atoms with Crippen LogP contribution < -0.4 is 14.8 Å². The van der Waals surface area contributed by atoms with Crippen LogP contribution in [-0.4, -0.2) is 19.6 Å². The summed E-state index contributed by atoms with van der Waals surface area (Å²) in [6.45, 7) is 4.53. The fourth-order valence-corrected chi connectivity index (χ4v) is 3.20. The number of amides is 1. The van der Waals surface area contributed by atoms with Gasteiger partial charge in [-0.15, -0.1) is 0 Å². The minimum absolute atomic E-state index is 0.246. The Morgan fingerprint density at radius 2 is 2.08 bits per heavy atom. The van der Waals surface area contributed by atoms with Gasteiger partial charge in [0.25, 0.3) is 5.91 Å². The number of nitrogens with one attached hydrogen (secondary N) is 1. The van der Waals surface area contributed by atoms with Crippen LogP contribution in [0.1, 0.15) is 29.3 Å². The van der Waals surface area contributed by atoms with Gasteiger partial charge in [0.15, 0.2) is 11.5 Å². The second kappa shape index (κ2) is 8.58. The highest BCUT2D eigenvalue weighted by molar-refractivity contribution is 14.1. The Balaban J connectivity index is 2.31. The Hall–Kier alpha value is -1.47. The third-order valence-electron chi connectivity index (χ3n) is 3.40. The minimum atomic E-state index is -0.246. The smallest absolute Gasteiger partial charge is 0.255 e. The zero-order chi connectivity index (χ0) is 17.7. The zero-order valence-electron chi connectivity index (χ0n) is 13.8. The van der Waals surface area contributed by atoms with E-state index in [1.807, 2.05) is 26.0 Å². The number of carbonyl (C=O) groups is 1. The van der Waals surface area contributed by atoms with Crippen molar-refractivity contribution in [2.45, 2.75) is 20.3 Å². The topological polar surface area (TPSA) is 47.6 Å². The molecule has 1 N–H and O–H groups in total. The Labute approximate surface area is 160 Å². The maximum absolute atomic E-state index is 12.6. The molecule has 0 aliphatic carbocycles. The molecule has 0 aliphatic heterocycles. The largest absolute Gasteiger partial charge is 0.493 e. The van der Waals surface area contributed by atoms with Crippen molar-refractivity contribution < 1.29 is 14.3 Å². The molecule has 6 heteroatoms. The number of rotatable bonds is 6. The van der Waals surface area contributed by atoms with Crippen molar-refractivity contribution >= 4 is 45.8 Å². The van der Waals surface area contributed by atoms with E-state index in [0.717, 1.165) is 15.6 Å². The Bertz CT molecular complexity index is 729. The monoisotopic (exact) mass is 459 g/mol. The second-order valence-corrected chi connectivity index (χ2v) is 6.79. The van der Waals surface area contributed by atoms with E-state index >= 15 is 0 Å². The highest BCUT2D eigenvalue weighted by Crippen LogP contribution is 2.34. The molecule has 0 saturated heterocycles. The fraction of sp³-hybridized carbons (Fsp3) is 0.278. The van der Waals surface area contributed by atoms with Gasteiger partial charge >= 0.3 is 0 Å². The fourth-order valence-electron chi connectivity index (χ4n) is 2.17. The van der Waals surface area contributed by atoms with E-state index in [-0.39, 0.29) is 5.91 Å². The molecule has 4 nitrogen and oxygen atoms in total. The molecule has 1 amide bonds. The summed E-state index contributed by atoms with van der Waals surface area (Å²) in [6.07, 6.45) is 0.896. The number of benzene rings is 2. The Kier molecular flexibility index (Phi) is 6.74. The van der Waals surface area contributed by atoms with E-state index < -0.39 is 0 Å². The molecule has 0 aliphatic rings. The molecule has 0 unspecified atom stereocenters. The van der Waals surface area contributed by atoms with Gasteiger partial charge in [0.1, 0.15) is 0 Å². The van der Waals surface area contributed by atoms with Gasteiger partial charge in [-0.05, 0) is 59.7 Å². The second-order valence-electron chi connectivity index (χ2n) is 5.22. The summed E-state index contributed by atoms with van der Waals surface area (Å²) >= 11 is 8.31. The van der Waals surface area contributed by atoms with E-state index in [1.165, 1.54) is 0 Å². The summed E-state index contributed by atoms with van der Waals surface area (Å²) in [5, 5.41) is 3.37. The summed E-state index contributed by atoms with van der Waals surface area (Å²) in [7, 11) is 1.56. The highest BCUT2D eigenvalue weighted by Gasteiger charge is 2.17. The Morgan fingerprint density at radius 3 is 2.71 bits per heavy atom. The van der Waals surface area contributed by atoms with Gasteiger partial charge in [0.2, 0.25) is 0 Å². The molecule has 2 aromatic carbocycles. The predicted octanol–water partition coefficient (Wildman–Crippen LogP) is 5.30. The van der Waals surface area contributed by atoms with Gasteiger partial charge in [0, 0.05) is 5.56 Å². The van der Waals surface area contributed by atoms with Gasteiger partial charge in [0.05, 0.1) is 28.0 Å². The van der Waals surface area contributed by atoms with Crippen molar-refractivity contribution in [3.05, 3.63) is 50.1 Å². The van der Waals surface area contributed by atoms with Crippen LogP contribution in [0.2, 0.25) is 5.02 Å². The lowest BCUT2D eigenvalue weighted by Crippen LogP contribution is -2.14. The van der Waals surface area contributed by atoms with Gasteiger partial charge in [-0.25, -0.2) is 0 Å². The lowest BCUT2D eigenvalue weighted by molar-refractivity contribution is 0.102. The lowest BCUT2D eigenvalue weighted by atomic mass is 10.1. The molecule has 0 aromatic heterocycles. The number of para-hydroxylation sites is 1. The average Bonchev–Trinajstić information content (AvgIpc) is 2.56. The number of hydrogen-bond acceptors (Lipinski definition) is 3. The van der Waals surface area contributed by atoms with E-state index in [1.54, 1.807) is 25.3 Å². The predicted molar refractivity (Wildman–Crippen MR) is 106 cm³/mol. The van der Waals surface area contributed by atoms with Crippen LogP contribution in [-0.2, 0) is 0 Å². The summed E-state index contributed by atoms with van der Waals surface area (Å²) in [5.74, 6) is 0.950. The molecule has 0 radical (unpaired) electrons. The van der Waals surface area contributed by atoms with E-state index in [0.29, 0.717) is 34.4 Å². The first-order valence-electron chi connectivity index (χ1n) is 7.54. The number of methoxy groups -OCH3 is 1. The van der Waals surface area contributed by atoms with Crippen LogP contribution in [0.15, 0.2) is 30.3 Å². The van der Waals surface area contributed by atoms with Crippen molar-refractivity contribution in [1.29, 1.82) is 0 Å². The molecule has 2 rings (SSSR count). The molecule has 0 atom stereocenters. The number of aryl methyl sites for hydroxylation is 1. The molecule has 0 bridgehead atoms. The van der Waals surface area contributed by atoms with Gasteiger partial charge < -0.3 is 14.8 Å². The zero-order valence-corrected chi connectivity index (χ0v) is 16.7. The van der Waals surface area contributed by atoms with Gasteiger partial charge in [-0.3, -0.25) is 4.79 Å². The molecule has 0 spiro atoms. The molecule has 0 fully saturated rings. The van der Waals surface area contributed by atoms with Crippen LogP contribution in [0.4, 0.5) is 5.69 Å². The summed E-state index contributed by atoms with van der Waals surface area (Å²) in [6, 6.07) is 8.94. The quantitative estimate of drug-likeness (QED) is 0.596. The Morgan fingerprint density at radius 1 is 1.33 bits per heavy atom. The van der Waals surface area contributed by atoms with E-state index in [9.17, 15) is 4.79 Å². The minimum Gasteiger partial charge on any atom is -0.493 e. The number of ether oxygens (including phenoxy) is 2. The number of hydrogen-bond donors (Lipinski definition) is 1. The van der Waals surface area contributed by atoms with Crippen LogP contribution in [0.25, 0.3) is 0 Å². The summed E-state index contributed by atoms with van der Waals surface area (Å²) in [4.78, 5) is 12.6. The first-order valence-corrected chi connectivity index (χ1v) is 9.00. The standard InChI is InChI=1S/C18H19ClINO3/c1-4-8-24-17-14(20)9-12(10-15(17)23-3)18(22)21-16-11(2)6-5-7-13(16)19/h5-7,9-10H,4,8H2,1-3H3,(H,21,22). The van der Waals surface area contributed by atoms with E-state index in [4.69, 9.17) is 21.1 Å². The van der Waals surface area contributed by atoms with Crippen LogP contribution in [0, 0.1) is 10.5 Å². The molecule has 128 valence electrons. The maximum atomic E-state index is 12.6. The molecular weight excluding hydrogens is 441 g/mol. The first-order chi connectivity index (χ1) is 11.5. The number of carbonyl (C=O) groups excluding carboxylic acids is 1. The van der Waals surface area contributed by atoms with Gasteiger partial charge in [-0.2, -0.15) is 0 Å². The SMILES string of the molecule is CCCOc1c(I)cc(C(=O)Nc2c(C)cccc2Cl)cc1OC. The van der Waals surface area contributed by atoms with Crippen LogP contribution >= 0.6 is 34.2 Å². The molecular formula is C18H19ClINO3. The summed E-state index contributed by atoms with van der Waals surface area (Å²) < 4.78 is 11.9. The molecule has 24 heavy (non-hydrogen) atoms. The summed E-state index contributed by atoms with van der Waals surface area (Å²) in [5.41, 5.74) is 2.00. The van der Waals surface area contributed by atoms with Crippen LogP contribution in [0.3, 0.4) is 0 Å². The first kappa shape index (κ1) is 18.9. The van der Waals surface area contributed by atoms with E-state index in [2.05, 4.69) is 27.9 Å². The molecule has 0 saturated carbocycles. The third-order valence-corrected chi connectivity index (χ3v) is 4.52. The van der Waals surface area contributed by atoms with Crippen molar-refractivity contribution in [3.8, 4) is 11.5 Å². The van der Waals surface area contributed by atoms with Crippen molar-refractivity contribution in [3.63, 3.8) is 0 Å². The van der Waals surface area contributed by atoms with Gasteiger partial charge in [-0.1, -0.05) is 30.7 Å². The van der Waals surface area contributed by atoms with Crippen LogP contribution in [0.5, 0.6) is 11.5 Å². The normalized spacial score (nSPS) is 10.4. The highest BCUT2D eigenvalue weighted by atomic mass is 127. The van der Waals surface area contributed by atoms with Crippen molar-refractivity contribution in [2.75, 3.05) is 19.0 Å². The average molecular weight is 460 g/mol. The maximum Gasteiger partial charge on any atom is 0.255 e. The lowest BCUT2D eigenvalue weighted by Gasteiger charge is -2.15. The number of halogens is 2. The van der Waals surface area contributed by atoms with Crippen molar-refractivity contribution in [1.82, 2.24) is 0 Å².